The molecule has 0 aliphatic carbocycles. The molecular formula is C13H15NS2. The van der Waals surface area contributed by atoms with Crippen molar-refractivity contribution in [3.8, 4) is 0 Å². The maximum absolute atomic E-state index is 4.58. The molecule has 2 rings (SSSR count). The summed E-state index contributed by atoms with van der Waals surface area (Å²) in [5.74, 6) is 0.408. The molecule has 0 radical (unpaired) electrons. The van der Waals surface area contributed by atoms with Gasteiger partial charge in [-0.25, -0.2) is 4.98 Å². The predicted octanol–water partition coefficient (Wildman–Crippen LogP) is 3.79. The summed E-state index contributed by atoms with van der Waals surface area (Å²) in [6.45, 7) is 2.14. The van der Waals surface area contributed by atoms with Gasteiger partial charge in [0, 0.05) is 22.7 Å². The highest BCUT2D eigenvalue weighted by Crippen LogP contribution is 2.28. The minimum atomic E-state index is 0.325. The Morgan fingerprint density at radius 1 is 1.31 bits per heavy atom. The maximum Gasteiger partial charge on any atom is 0.0970 e. The Morgan fingerprint density at radius 2 is 2.06 bits per heavy atom. The number of nitrogens with zero attached hydrogens (tertiary/aromatic N) is 1. The number of thiol groups is 1. The van der Waals surface area contributed by atoms with Crippen molar-refractivity contribution in [2.24, 2.45) is 0 Å². The van der Waals surface area contributed by atoms with E-state index in [1.165, 1.54) is 10.6 Å². The molecule has 2 unspecified atom stereocenters. The average molecular weight is 249 g/mol. The minimum Gasteiger partial charge on any atom is -0.249 e. The van der Waals surface area contributed by atoms with E-state index in [2.05, 4.69) is 48.8 Å². The Labute approximate surface area is 106 Å². The second-order valence-electron chi connectivity index (χ2n) is 3.91. The number of hydrogen-bond donors (Lipinski definition) is 1. The Kier molecular flexibility index (Phi) is 4.02. The summed E-state index contributed by atoms with van der Waals surface area (Å²) < 4.78 is 0. The Balaban J connectivity index is 2.16. The molecule has 0 aliphatic rings. The van der Waals surface area contributed by atoms with E-state index in [0.29, 0.717) is 11.2 Å². The monoisotopic (exact) mass is 249 g/mol. The molecule has 84 valence electrons. The number of thiazole rings is 1. The van der Waals surface area contributed by atoms with Crippen LogP contribution in [0.4, 0.5) is 0 Å². The fourth-order valence-electron chi connectivity index (χ4n) is 1.75. The van der Waals surface area contributed by atoms with Crippen molar-refractivity contribution < 1.29 is 0 Å². The second-order valence-corrected chi connectivity index (χ2v) is 5.65. The lowest BCUT2D eigenvalue weighted by Gasteiger charge is -2.17. The van der Waals surface area contributed by atoms with Crippen molar-refractivity contribution in [1.29, 1.82) is 0 Å². The van der Waals surface area contributed by atoms with Gasteiger partial charge in [-0.15, -0.1) is 11.3 Å². The first-order valence-electron chi connectivity index (χ1n) is 5.39. The zero-order chi connectivity index (χ0) is 11.4. The van der Waals surface area contributed by atoms with Crippen LogP contribution in [-0.4, -0.2) is 10.2 Å². The van der Waals surface area contributed by atoms with Gasteiger partial charge < -0.3 is 0 Å². The van der Waals surface area contributed by atoms with E-state index < -0.39 is 0 Å². The number of rotatable bonds is 4. The minimum absolute atomic E-state index is 0.325. The fraction of sp³-hybridized carbons (Fsp3) is 0.308. The van der Waals surface area contributed by atoms with E-state index in [9.17, 15) is 0 Å². The van der Waals surface area contributed by atoms with Crippen molar-refractivity contribution >= 4 is 24.0 Å². The van der Waals surface area contributed by atoms with Gasteiger partial charge in [-0.1, -0.05) is 37.3 Å². The van der Waals surface area contributed by atoms with Crippen molar-refractivity contribution in [2.75, 3.05) is 0 Å². The summed E-state index contributed by atoms with van der Waals surface area (Å²) in [5.41, 5.74) is 1.35. The number of aromatic nitrogens is 1. The zero-order valence-electron chi connectivity index (χ0n) is 9.21. The van der Waals surface area contributed by atoms with Crippen LogP contribution in [-0.2, 0) is 6.42 Å². The molecule has 3 heteroatoms. The standard InChI is InChI=1S/C13H15NS2/c1-10(15)12(13-14-7-8-16-13)9-11-5-3-2-4-6-11/h2-8,10,12,15H,9H2,1H3. The fourth-order valence-corrected chi connectivity index (χ4v) is 2.94. The summed E-state index contributed by atoms with van der Waals surface area (Å²) in [6.07, 6.45) is 2.88. The molecule has 0 spiro atoms. The molecule has 1 heterocycles. The Morgan fingerprint density at radius 3 is 2.62 bits per heavy atom. The highest BCUT2D eigenvalue weighted by Gasteiger charge is 2.19. The van der Waals surface area contributed by atoms with Crippen LogP contribution < -0.4 is 0 Å². The van der Waals surface area contributed by atoms with Crippen molar-refractivity contribution in [3.05, 3.63) is 52.5 Å². The molecule has 1 aromatic carbocycles. The quantitative estimate of drug-likeness (QED) is 0.814. The summed E-state index contributed by atoms with van der Waals surface area (Å²) in [5, 5.41) is 3.54. The topological polar surface area (TPSA) is 12.9 Å². The van der Waals surface area contributed by atoms with Gasteiger partial charge in [-0.2, -0.15) is 12.6 Å². The summed E-state index contributed by atoms with van der Waals surface area (Å²) >= 11 is 6.30. The van der Waals surface area contributed by atoms with E-state index in [1.54, 1.807) is 11.3 Å². The highest BCUT2D eigenvalue weighted by atomic mass is 32.1. The first-order chi connectivity index (χ1) is 7.77. The molecule has 2 aromatic rings. The van der Waals surface area contributed by atoms with Gasteiger partial charge in [0.15, 0.2) is 0 Å². The van der Waals surface area contributed by atoms with Crippen LogP contribution >= 0.6 is 24.0 Å². The van der Waals surface area contributed by atoms with E-state index in [4.69, 9.17) is 0 Å². The lowest BCUT2D eigenvalue weighted by molar-refractivity contribution is 0.673. The number of hydrogen-bond acceptors (Lipinski definition) is 3. The van der Waals surface area contributed by atoms with Crippen molar-refractivity contribution in [2.45, 2.75) is 24.5 Å². The summed E-state index contributed by atoms with van der Waals surface area (Å²) in [7, 11) is 0. The molecular weight excluding hydrogens is 234 g/mol. The molecule has 1 nitrogen and oxygen atoms in total. The van der Waals surface area contributed by atoms with Crippen LogP contribution in [0.1, 0.15) is 23.4 Å². The zero-order valence-corrected chi connectivity index (χ0v) is 10.9. The van der Waals surface area contributed by atoms with Gasteiger partial charge in [-0.05, 0) is 12.0 Å². The van der Waals surface area contributed by atoms with E-state index >= 15 is 0 Å². The van der Waals surface area contributed by atoms with E-state index in [1.807, 2.05) is 17.6 Å². The Bertz CT molecular complexity index is 409. The molecule has 1 aromatic heterocycles. The molecule has 0 fully saturated rings. The molecule has 0 bridgehead atoms. The lowest BCUT2D eigenvalue weighted by Crippen LogP contribution is -2.12. The van der Waals surface area contributed by atoms with Crippen molar-refractivity contribution in [3.63, 3.8) is 0 Å². The van der Waals surface area contributed by atoms with Gasteiger partial charge >= 0.3 is 0 Å². The lowest BCUT2D eigenvalue weighted by atomic mass is 9.97. The molecule has 16 heavy (non-hydrogen) atoms. The third-order valence-corrected chi connectivity index (χ3v) is 3.92. The first-order valence-corrected chi connectivity index (χ1v) is 6.78. The van der Waals surface area contributed by atoms with Crippen LogP contribution in [0.25, 0.3) is 0 Å². The van der Waals surface area contributed by atoms with Crippen LogP contribution in [0.3, 0.4) is 0 Å². The normalized spacial score (nSPS) is 14.6. The van der Waals surface area contributed by atoms with Crippen molar-refractivity contribution in [1.82, 2.24) is 4.98 Å². The van der Waals surface area contributed by atoms with Gasteiger partial charge in [0.05, 0.1) is 5.01 Å². The van der Waals surface area contributed by atoms with Gasteiger partial charge in [0.25, 0.3) is 0 Å². The molecule has 0 aliphatic heterocycles. The Hall–Kier alpha value is -0.800. The maximum atomic E-state index is 4.58. The third kappa shape index (κ3) is 2.86. The second kappa shape index (κ2) is 5.51. The van der Waals surface area contributed by atoms with Gasteiger partial charge in [0.1, 0.15) is 0 Å². The highest BCUT2D eigenvalue weighted by molar-refractivity contribution is 7.81. The average Bonchev–Trinajstić information content (AvgIpc) is 2.80. The summed E-state index contributed by atoms with van der Waals surface area (Å²) in [6, 6.07) is 10.5. The van der Waals surface area contributed by atoms with E-state index in [0.717, 1.165) is 6.42 Å². The third-order valence-electron chi connectivity index (χ3n) is 2.65. The molecule has 0 saturated carbocycles. The van der Waals surface area contributed by atoms with Crippen LogP contribution in [0.2, 0.25) is 0 Å². The molecule has 0 amide bonds. The molecule has 0 saturated heterocycles. The van der Waals surface area contributed by atoms with Gasteiger partial charge in [-0.3, -0.25) is 0 Å². The van der Waals surface area contributed by atoms with Gasteiger partial charge in [0.2, 0.25) is 0 Å². The molecule has 0 N–H and O–H groups in total. The van der Waals surface area contributed by atoms with E-state index in [-0.39, 0.29) is 0 Å². The largest absolute Gasteiger partial charge is 0.249 e. The molecule has 2 atom stereocenters. The van der Waals surface area contributed by atoms with Crippen LogP contribution in [0.5, 0.6) is 0 Å². The first kappa shape index (κ1) is 11.7. The van der Waals surface area contributed by atoms with Crippen LogP contribution in [0, 0.1) is 0 Å². The SMILES string of the molecule is CC(S)C(Cc1ccccc1)c1nccs1. The van der Waals surface area contributed by atoms with Crippen LogP contribution in [0.15, 0.2) is 41.9 Å². The predicted molar refractivity (Wildman–Crippen MR) is 73.4 cm³/mol. The smallest absolute Gasteiger partial charge is 0.0970 e. The summed E-state index contributed by atoms with van der Waals surface area (Å²) in [4.78, 5) is 4.40. The number of benzene rings is 1.